The number of unbranched alkanes of at least 4 members (excludes halogenated alkanes) is 1. The van der Waals surface area contributed by atoms with Crippen LogP contribution in [-0.4, -0.2) is 66.1 Å². The van der Waals surface area contributed by atoms with Gasteiger partial charge in [-0.3, -0.25) is 0 Å². The van der Waals surface area contributed by atoms with Crippen LogP contribution in [0.5, 0.6) is 0 Å². The van der Waals surface area contributed by atoms with Crippen LogP contribution in [0.3, 0.4) is 0 Å². The molecule has 2 fully saturated rings. The Balaban J connectivity index is 1.68. The molecule has 0 aromatic heterocycles. The molecule has 5 N–H and O–H groups in total. The van der Waals surface area contributed by atoms with Crippen LogP contribution in [0.2, 0.25) is 0 Å². The lowest BCUT2D eigenvalue weighted by molar-refractivity contribution is -0.0567. The van der Waals surface area contributed by atoms with Crippen LogP contribution in [0.1, 0.15) is 76.2 Å². The van der Waals surface area contributed by atoms with Crippen LogP contribution in [0, 0.1) is 11.7 Å². The third-order valence-corrected chi connectivity index (χ3v) is 7.89. The summed E-state index contributed by atoms with van der Waals surface area (Å²) in [5.74, 6) is -0.597. The number of urea groups is 1. The van der Waals surface area contributed by atoms with Gasteiger partial charge >= 0.3 is 6.03 Å². The van der Waals surface area contributed by atoms with E-state index in [0.717, 1.165) is 57.8 Å². The molecule has 0 bridgehead atoms. The number of ether oxygens (including phenoxy) is 1. The highest BCUT2D eigenvalue weighted by Gasteiger charge is 2.41. The first-order valence-electron chi connectivity index (χ1n) is 13.2. The van der Waals surface area contributed by atoms with Crippen LogP contribution in [0.4, 0.5) is 9.18 Å². The molecule has 1 aliphatic carbocycles. The van der Waals surface area contributed by atoms with Crippen molar-refractivity contribution in [3.8, 4) is 0 Å². The Morgan fingerprint density at radius 2 is 2.09 bits per heavy atom. The Morgan fingerprint density at radius 3 is 2.77 bits per heavy atom. The predicted molar refractivity (Wildman–Crippen MR) is 134 cm³/mol. The highest BCUT2D eigenvalue weighted by molar-refractivity contribution is 5.74. The lowest BCUT2D eigenvalue weighted by atomic mass is 9.74. The number of carbonyl (C=O) groups is 1. The van der Waals surface area contributed by atoms with Gasteiger partial charge in [-0.15, -0.1) is 0 Å². The zero-order chi connectivity index (χ0) is 25.3. The van der Waals surface area contributed by atoms with E-state index in [2.05, 4.69) is 5.32 Å². The number of halogens is 1. The molecule has 0 radical (unpaired) electrons. The van der Waals surface area contributed by atoms with Crippen molar-refractivity contribution in [3.05, 3.63) is 35.6 Å². The molecule has 35 heavy (non-hydrogen) atoms. The van der Waals surface area contributed by atoms with Gasteiger partial charge in [0.2, 0.25) is 0 Å². The molecule has 1 aliphatic heterocycles. The molecule has 2 aliphatic rings. The third-order valence-electron chi connectivity index (χ3n) is 7.89. The first-order valence-corrected chi connectivity index (χ1v) is 13.2. The van der Waals surface area contributed by atoms with Gasteiger partial charge in [0.15, 0.2) is 0 Å². The molecule has 0 spiro atoms. The summed E-state index contributed by atoms with van der Waals surface area (Å²) >= 11 is 0. The number of nitrogens with zero attached hydrogens (tertiary/aromatic N) is 1. The number of methoxy groups -OCH3 is 1. The number of piperidine rings is 1. The Hall–Kier alpha value is -1.74. The maximum absolute atomic E-state index is 14.1. The lowest BCUT2D eigenvalue weighted by Crippen LogP contribution is -2.55. The number of aliphatic hydroxyl groups is 2. The van der Waals surface area contributed by atoms with E-state index in [0.29, 0.717) is 38.1 Å². The minimum atomic E-state index is -1.24. The van der Waals surface area contributed by atoms with Crippen LogP contribution < -0.4 is 11.1 Å². The molecule has 1 aromatic carbocycles. The van der Waals surface area contributed by atoms with E-state index in [1.165, 1.54) is 12.1 Å². The molecule has 8 heteroatoms. The highest BCUT2D eigenvalue weighted by Crippen LogP contribution is 2.40. The molecule has 1 heterocycles. The summed E-state index contributed by atoms with van der Waals surface area (Å²) in [5.41, 5.74) is 4.52. The summed E-state index contributed by atoms with van der Waals surface area (Å²) in [6.07, 6.45) is 8.59. The van der Waals surface area contributed by atoms with Crippen molar-refractivity contribution in [2.45, 2.75) is 87.9 Å². The molecule has 3 rings (SSSR count). The second kappa shape index (κ2) is 13.0. The molecule has 1 aromatic rings. The minimum Gasteiger partial charge on any atom is -0.390 e. The van der Waals surface area contributed by atoms with E-state index < -0.39 is 11.2 Å². The van der Waals surface area contributed by atoms with Gasteiger partial charge in [-0.25, -0.2) is 9.18 Å². The summed E-state index contributed by atoms with van der Waals surface area (Å²) in [6, 6.07) is 5.66. The molecular weight excluding hydrogens is 449 g/mol. The highest BCUT2D eigenvalue weighted by atomic mass is 19.1. The fourth-order valence-electron chi connectivity index (χ4n) is 5.87. The summed E-state index contributed by atoms with van der Waals surface area (Å²) in [4.78, 5) is 14.9. The molecule has 198 valence electrons. The summed E-state index contributed by atoms with van der Waals surface area (Å²) in [5, 5.41) is 25.8. The number of amides is 2. The van der Waals surface area contributed by atoms with Gasteiger partial charge in [-0.05, 0) is 69.1 Å². The molecule has 1 saturated heterocycles. The fraction of sp³-hybridized carbons (Fsp3) is 0.741. The second-order valence-electron chi connectivity index (χ2n) is 10.5. The average Bonchev–Trinajstić information content (AvgIpc) is 2.86. The number of hydrogen-bond donors (Lipinski definition) is 4. The van der Waals surface area contributed by atoms with Crippen LogP contribution >= 0.6 is 0 Å². The van der Waals surface area contributed by atoms with Crippen LogP contribution in [0.15, 0.2) is 24.3 Å². The topological polar surface area (TPSA) is 108 Å². The number of benzene rings is 1. The number of rotatable bonds is 11. The normalized spacial score (nSPS) is 22.9. The van der Waals surface area contributed by atoms with Crippen molar-refractivity contribution < 1.29 is 24.1 Å². The lowest BCUT2D eigenvalue weighted by Gasteiger charge is -2.43. The molecule has 3 atom stereocenters. The maximum Gasteiger partial charge on any atom is 0.317 e. The maximum atomic E-state index is 14.1. The Kier molecular flexibility index (Phi) is 10.3. The van der Waals surface area contributed by atoms with Gasteiger partial charge in [0.25, 0.3) is 0 Å². The zero-order valence-electron chi connectivity index (χ0n) is 21.2. The van der Waals surface area contributed by atoms with Gasteiger partial charge in [-0.2, -0.15) is 0 Å². The first-order chi connectivity index (χ1) is 16.8. The number of hydrogen-bond acceptors (Lipinski definition) is 5. The standard InChI is InChI=1S/C27H44FN3O4/c1-35-16-6-5-14-27(34,21-9-7-11-23(28)17-21)22-10-8-15-31(20-22)25(32)30-24(19-29)18-26(33)12-3-2-4-13-26/h7,9,11,17,22,24,33-34H,2-6,8,10,12-16,18-20,29H2,1H3,(H,30,32)/t22-,24?,27-/m1/s1. The molecule has 1 unspecified atom stereocenters. The first kappa shape index (κ1) is 27.8. The zero-order valence-corrected chi connectivity index (χ0v) is 21.2. The van der Waals surface area contributed by atoms with Crippen molar-refractivity contribution in [1.29, 1.82) is 0 Å². The van der Waals surface area contributed by atoms with Gasteiger partial charge in [0.05, 0.1) is 11.2 Å². The predicted octanol–water partition coefficient (Wildman–Crippen LogP) is 3.66. The monoisotopic (exact) mass is 493 g/mol. The Bertz CT molecular complexity index is 804. The number of carbonyl (C=O) groups excluding carboxylic acids is 1. The summed E-state index contributed by atoms with van der Waals surface area (Å²) in [6.45, 7) is 1.83. The van der Waals surface area contributed by atoms with E-state index in [1.54, 1.807) is 24.1 Å². The molecule has 1 saturated carbocycles. The molecular formula is C27H44FN3O4. The van der Waals surface area contributed by atoms with Crippen molar-refractivity contribution >= 4 is 6.03 Å². The van der Waals surface area contributed by atoms with Gasteiger partial charge in [-0.1, -0.05) is 31.4 Å². The van der Waals surface area contributed by atoms with Crippen LogP contribution in [-0.2, 0) is 10.3 Å². The van der Waals surface area contributed by atoms with E-state index in [-0.39, 0.29) is 30.4 Å². The number of likely N-dealkylation sites (tertiary alicyclic amines) is 1. The summed E-state index contributed by atoms with van der Waals surface area (Å²) < 4.78 is 19.2. The van der Waals surface area contributed by atoms with Crippen LogP contribution in [0.25, 0.3) is 0 Å². The van der Waals surface area contributed by atoms with Crippen molar-refractivity contribution in [3.63, 3.8) is 0 Å². The minimum absolute atomic E-state index is 0.217. The SMILES string of the molecule is COCCCC[C@@](O)(c1cccc(F)c1)[C@@H]1CCCN(C(=O)NC(CN)CC2(O)CCCCC2)C1. The largest absolute Gasteiger partial charge is 0.390 e. The van der Waals surface area contributed by atoms with E-state index >= 15 is 0 Å². The van der Waals surface area contributed by atoms with E-state index in [4.69, 9.17) is 10.5 Å². The van der Waals surface area contributed by atoms with E-state index in [1.807, 2.05) is 0 Å². The summed E-state index contributed by atoms with van der Waals surface area (Å²) in [7, 11) is 1.65. The molecule has 7 nitrogen and oxygen atoms in total. The van der Waals surface area contributed by atoms with Gasteiger partial charge < -0.3 is 30.9 Å². The van der Waals surface area contributed by atoms with E-state index in [9.17, 15) is 19.4 Å². The number of nitrogens with one attached hydrogen (secondary N) is 1. The van der Waals surface area contributed by atoms with Crippen molar-refractivity contribution in [2.24, 2.45) is 11.7 Å². The average molecular weight is 494 g/mol. The fourth-order valence-corrected chi connectivity index (χ4v) is 5.87. The van der Waals surface area contributed by atoms with Crippen molar-refractivity contribution in [1.82, 2.24) is 10.2 Å². The van der Waals surface area contributed by atoms with Gasteiger partial charge in [0, 0.05) is 45.3 Å². The van der Waals surface area contributed by atoms with Crippen molar-refractivity contribution in [2.75, 3.05) is 33.4 Å². The smallest absolute Gasteiger partial charge is 0.317 e. The third kappa shape index (κ3) is 7.62. The second-order valence-corrected chi connectivity index (χ2v) is 10.5. The molecule has 2 amide bonds. The quantitative estimate of drug-likeness (QED) is 0.352. The van der Waals surface area contributed by atoms with Gasteiger partial charge in [0.1, 0.15) is 5.82 Å². The Morgan fingerprint density at radius 1 is 1.31 bits per heavy atom. The number of nitrogens with two attached hydrogens (primary N) is 1. The Labute approximate surface area is 209 Å².